The fourth-order valence-corrected chi connectivity index (χ4v) is 3.20. The Morgan fingerprint density at radius 2 is 1.76 bits per heavy atom. The molecule has 0 radical (unpaired) electrons. The van der Waals surface area contributed by atoms with E-state index >= 15 is 0 Å². The van der Waals surface area contributed by atoms with E-state index in [1.807, 2.05) is 56.3 Å². The quantitative estimate of drug-likeness (QED) is 0.727. The average Bonchev–Trinajstić information content (AvgIpc) is 2.66. The minimum absolute atomic E-state index is 0.0174. The topological polar surface area (TPSA) is 32.3 Å². The lowest BCUT2D eigenvalue weighted by molar-refractivity contribution is 0.0743. The van der Waals surface area contributed by atoms with Crippen LogP contribution in [0.4, 0.5) is 5.69 Å². The van der Waals surface area contributed by atoms with Gasteiger partial charge in [0.15, 0.2) is 0 Å². The van der Waals surface area contributed by atoms with E-state index in [2.05, 4.69) is 42.6 Å². The van der Waals surface area contributed by atoms with Gasteiger partial charge in [0.05, 0.1) is 6.04 Å². The Labute approximate surface area is 149 Å². The van der Waals surface area contributed by atoms with E-state index < -0.39 is 0 Å². The largest absolute Gasteiger partial charge is 0.388 e. The molecule has 3 heteroatoms. The standard InChI is InChI=1S/C22H24N2O/c1-15-12-13-18(23-3)14-21(15)22(25)24(4)16(2)19-11-7-9-17-8-5-6-10-20(17)19/h5-14,16,23H,1-4H3/t16-/m1/s1. The fourth-order valence-electron chi connectivity index (χ4n) is 3.20. The molecule has 0 aliphatic heterocycles. The number of hydrogen-bond acceptors (Lipinski definition) is 2. The van der Waals surface area contributed by atoms with Crippen LogP contribution in [0.1, 0.15) is 34.5 Å². The lowest BCUT2D eigenvalue weighted by Gasteiger charge is -2.27. The molecule has 1 atom stereocenters. The third-order valence-electron chi connectivity index (χ3n) is 4.93. The molecule has 0 aromatic heterocycles. The number of nitrogens with one attached hydrogen (secondary N) is 1. The van der Waals surface area contributed by atoms with E-state index in [-0.39, 0.29) is 11.9 Å². The van der Waals surface area contributed by atoms with Crippen LogP contribution in [0.3, 0.4) is 0 Å². The highest BCUT2D eigenvalue weighted by molar-refractivity contribution is 5.97. The Morgan fingerprint density at radius 1 is 1.04 bits per heavy atom. The molecule has 3 rings (SSSR count). The van der Waals surface area contributed by atoms with Gasteiger partial charge in [-0.1, -0.05) is 48.5 Å². The van der Waals surface area contributed by atoms with Crippen molar-refractivity contribution in [2.75, 3.05) is 19.4 Å². The van der Waals surface area contributed by atoms with Gasteiger partial charge < -0.3 is 10.2 Å². The summed E-state index contributed by atoms with van der Waals surface area (Å²) in [5.41, 5.74) is 3.83. The number of aryl methyl sites for hydroxylation is 1. The van der Waals surface area contributed by atoms with Crippen molar-refractivity contribution in [3.05, 3.63) is 77.4 Å². The van der Waals surface area contributed by atoms with E-state index in [9.17, 15) is 4.79 Å². The first-order valence-electron chi connectivity index (χ1n) is 8.56. The van der Waals surface area contributed by atoms with Crippen molar-refractivity contribution >= 4 is 22.4 Å². The molecule has 0 fully saturated rings. The molecule has 3 aromatic rings. The molecule has 128 valence electrons. The van der Waals surface area contributed by atoms with Crippen molar-refractivity contribution in [3.8, 4) is 0 Å². The number of carbonyl (C=O) groups excluding carboxylic acids is 1. The van der Waals surface area contributed by atoms with Gasteiger partial charge in [0.25, 0.3) is 5.91 Å². The van der Waals surface area contributed by atoms with E-state index in [1.165, 1.54) is 10.8 Å². The summed E-state index contributed by atoms with van der Waals surface area (Å²) in [7, 11) is 3.74. The lowest BCUT2D eigenvalue weighted by atomic mass is 9.98. The molecule has 0 spiro atoms. The number of carbonyl (C=O) groups is 1. The Bertz CT molecular complexity index is 912. The maximum Gasteiger partial charge on any atom is 0.254 e. The predicted molar refractivity (Wildman–Crippen MR) is 105 cm³/mol. The minimum Gasteiger partial charge on any atom is -0.388 e. The number of benzene rings is 3. The lowest BCUT2D eigenvalue weighted by Crippen LogP contribution is -2.30. The molecular weight excluding hydrogens is 308 g/mol. The van der Waals surface area contributed by atoms with Crippen LogP contribution in [0.5, 0.6) is 0 Å². The summed E-state index contributed by atoms with van der Waals surface area (Å²) in [6.45, 7) is 4.06. The molecule has 3 aromatic carbocycles. The van der Waals surface area contributed by atoms with E-state index in [0.717, 1.165) is 22.4 Å². The molecule has 0 saturated carbocycles. The first-order valence-corrected chi connectivity index (χ1v) is 8.56. The summed E-state index contributed by atoms with van der Waals surface area (Å²) in [4.78, 5) is 14.9. The van der Waals surface area contributed by atoms with Crippen LogP contribution < -0.4 is 5.32 Å². The monoisotopic (exact) mass is 332 g/mol. The maximum atomic E-state index is 13.1. The third-order valence-corrected chi connectivity index (χ3v) is 4.93. The van der Waals surface area contributed by atoms with E-state index in [4.69, 9.17) is 0 Å². The molecule has 3 nitrogen and oxygen atoms in total. The van der Waals surface area contributed by atoms with Gasteiger partial charge in [-0.25, -0.2) is 0 Å². The normalized spacial score (nSPS) is 12.0. The number of fused-ring (bicyclic) bond motifs is 1. The maximum absolute atomic E-state index is 13.1. The number of hydrogen-bond donors (Lipinski definition) is 1. The van der Waals surface area contributed by atoms with Gasteiger partial charge in [-0.3, -0.25) is 4.79 Å². The second-order valence-electron chi connectivity index (χ2n) is 6.44. The zero-order valence-electron chi connectivity index (χ0n) is 15.2. The molecule has 0 bridgehead atoms. The van der Waals surface area contributed by atoms with Gasteiger partial charge in [-0.2, -0.15) is 0 Å². The van der Waals surface area contributed by atoms with E-state index in [1.54, 1.807) is 0 Å². The molecule has 0 aliphatic rings. The molecule has 25 heavy (non-hydrogen) atoms. The van der Waals surface area contributed by atoms with Gasteiger partial charge in [-0.15, -0.1) is 0 Å². The Morgan fingerprint density at radius 3 is 2.52 bits per heavy atom. The van der Waals surface area contributed by atoms with Crippen LogP contribution in [0.15, 0.2) is 60.7 Å². The highest BCUT2D eigenvalue weighted by atomic mass is 16.2. The highest BCUT2D eigenvalue weighted by Gasteiger charge is 2.21. The zero-order chi connectivity index (χ0) is 18.0. The van der Waals surface area contributed by atoms with Gasteiger partial charge in [-0.05, 0) is 47.9 Å². The van der Waals surface area contributed by atoms with Crippen LogP contribution in [0, 0.1) is 6.92 Å². The van der Waals surface area contributed by atoms with Crippen LogP contribution in [0.25, 0.3) is 10.8 Å². The van der Waals surface area contributed by atoms with Crippen molar-refractivity contribution in [2.24, 2.45) is 0 Å². The SMILES string of the molecule is CNc1ccc(C)c(C(=O)N(C)[C@H](C)c2cccc3ccccc23)c1. The van der Waals surface area contributed by atoms with Crippen LogP contribution >= 0.6 is 0 Å². The van der Waals surface area contributed by atoms with Crippen LogP contribution in [-0.4, -0.2) is 24.9 Å². The van der Waals surface area contributed by atoms with Gasteiger partial charge in [0.2, 0.25) is 0 Å². The number of nitrogens with zero attached hydrogens (tertiary/aromatic N) is 1. The first-order chi connectivity index (χ1) is 12.0. The third kappa shape index (κ3) is 3.22. The molecule has 0 saturated heterocycles. The van der Waals surface area contributed by atoms with Crippen LogP contribution in [-0.2, 0) is 0 Å². The molecule has 0 unspecified atom stereocenters. The predicted octanol–water partition coefficient (Wildman–Crippen LogP) is 5.02. The molecule has 1 amide bonds. The first kappa shape index (κ1) is 17.0. The van der Waals surface area contributed by atoms with Crippen molar-refractivity contribution in [1.29, 1.82) is 0 Å². The van der Waals surface area contributed by atoms with Gasteiger partial charge in [0.1, 0.15) is 0 Å². The molecule has 0 aliphatic carbocycles. The smallest absolute Gasteiger partial charge is 0.254 e. The summed E-state index contributed by atoms with van der Waals surface area (Å²) in [5.74, 6) is 0.0371. The highest BCUT2D eigenvalue weighted by Crippen LogP contribution is 2.29. The second kappa shape index (κ2) is 6.98. The average molecular weight is 332 g/mol. The molecular formula is C22H24N2O. The van der Waals surface area contributed by atoms with Crippen molar-refractivity contribution < 1.29 is 4.79 Å². The second-order valence-corrected chi connectivity index (χ2v) is 6.44. The molecule has 0 heterocycles. The Hall–Kier alpha value is -2.81. The van der Waals surface area contributed by atoms with Gasteiger partial charge in [0, 0.05) is 25.3 Å². The number of rotatable bonds is 4. The molecule has 1 N–H and O–H groups in total. The summed E-state index contributed by atoms with van der Waals surface area (Å²) < 4.78 is 0. The van der Waals surface area contributed by atoms with E-state index in [0.29, 0.717) is 0 Å². The minimum atomic E-state index is -0.0174. The number of amides is 1. The Balaban J connectivity index is 1.97. The van der Waals surface area contributed by atoms with Crippen LogP contribution in [0.2, 0.25) is 0 Å². The number of anilines is 1. The van der Waals surface area contributed by atoms with Crippen molar-refractivity contribution in [2.45, 2.75) is 19.9 Å². The van der Waals surface area contributed by atoms with Gasteiger partial charge >= 0.3 is 0 Å². The summed E-state index contributed by atoms with van der Waals surface area (Å²) in [5, 5.41) is 5.49. The zero-order valence-corrected chi connectivity index (χ0v) is 15.2. The summed E-state index contributed by atoms with van der Waals surface area (Å²) in [6, 6.07) is 20.4. The van der Waals surface area contributed by atoms with Crippen molar-refractivity contribution in [1.82, 2.24) is 4.90 Å². The van der Waals surface area contributed by atoms with Crippen molar-refractivity contribution in [3.63, 3.8) is 0 Å². The Kier molecular flexibility index (Phi) is 4.75. The summed E-state index contributed by atoms with van der Waals surface area (Å²) >= 11 is 0. The summed E-state index contributed by atoms with van der Waals surface area (Å²) in [6.07, 6.45) is 0. The fraction of sp³-hybridized carbons (Fsp3) is 0.227.